The summed E-state index contributed by atoms with van der Waals surface area (Å²) in [4.78, 5) is 13.5. The lowest BCUT2D eigenvalue weighted by Gasteiger charge is -1.95. The van der Waals surface area contributed by atoms with Crippen LogP contribution in [0.1, 0.15) is 11.7 Å². The molecule has 9 heteroatoms. The molecular formula is C6H2F3IN2O3. The molecule has 0 aromatic carbocycles. The van der Waals surface area contributed by atoms with Crippen molar-refractivity contribution < 1.29 is 25.6 Å². The third-order valence-electron chi connectivity index (χ3n) is 1.13. The van der Waals surface area contributed by atoms with Crippen LogP contribution in [0, 0.1) is 0 Å². The van der Waals surface area contributed by atoms with Gasteiger partial charge >= 0.3 is 12.1 Å². The first-order valence-electron chi connectivity index (χ1n) is 3.35. The van der Waals surface area contributed by atoms with Crippen LogP contribution in [0.4, 0.5) is 13.2 Å². The summed E-state index contributed by atoms with van der Waals surface area (Å²) in [6.07, 6.45) is -2.89. The Hall–Kier alpha value is -1.13. The number of hydrogen-bond acceptors (Lipinski definition) is 5. The largest absolute Gasteiger partial charge is 0.455 e. The first-order valence-corrected chi connectivity index (χ1v) is 4.23. The van der Waals surface area contributed by atoms with Gasteiger partial charge in [0.15, 0.2) is 23.0 Å². The number of carbonyl (C=O) groups excluding carboxylic acids is 1. The van der Waals surface area contributed by atoms with E-state index in [0.29, 0.717) is 0 Å². The first kappa shape index (κ1) is 11.9. The van der Waals surface area contributed by atoms with Crippen LogP contribution in [-0.4, -0.2) is 16.1 Å². The minimum atomic E-state index is -4.67. The molecule has 1 rings (SSSR count). The number of rotatable bonds is 2. The average molecular weight is 334 g/mol. The van der Waals surface area contributed by atoms with Crippen molar-refractivity contribution in [2.75, 3.05) is 0 Å². The van der Waals surface area contributed by atoms with Crippen LogP contribution in [0.15, 0.2) is 10.6 Å². The maximum Gasteiger partial charge on any atom is 0.455 e. The van der Waals surface area contributed by atoms with E-state index >= 15 is 0 Å². The Kier molecular flexibility index (Phi) is 3.66. The monoisotopic (exact) mass is 334 g/mol. The topological polar surface area (TPSA) is 65.2 Å². The van der Waals surface area contributed by atoms with Crippen molar-refractivity contribution >= 4 is 35.1 Å². The summed E-state index contributed by atoms with van der Waals surface area (Å²) < 4.78 is 44.3. The van der Waals surface area contributed by atoms with Crippen LogP contribution in [-0.2, 0) is 14.0 Å². The summed E-state index contributed by atoms with van der Waals surface area (Å²) in [5, 5.41) is 2.67. The number of hydrogen-bond donors (Lipinski definition) is 0. The van der Waals surface area contributed by atoms with Gasteiger partial charge in [-0.3, -0.25) is 0 Å². The SMILES string of the molecule is O=C(/C=C/c1nc(C(F)(F)F)no1)OI. The summed E-state index contributed by atoms with van der Waals surface area (Å²) in [6.45, 7) is 0. The Morgan fingerprint density at radius 3 is 2.67 bits per heavy atom. The third kappa shape index (κ3) is 3.49. The summed E-state index contributed by atoms with van der Waals surface area (Å²) in [7, 11) is 0. The predicted molar refractivity (Wildman–Crippen MR) is 48.4 cm³/mol. The minimum absolute atomic E-state index is 0.427. The van der Waals surface area contributed by atoms with Crippen LogP contribution < -0.4 is 0 Å². The molecule has 0 bridgehead atoms. The van der Waals surface area contributed by atoms with Gasteiger partial charge in [0, 0.05) is 12.2 Å². The highest BCUT2D eigenvalue weighted by Crippen LogP contribution is 2.26. The van der Waals surface area contributed by atoms with Crippen LogP contribution in [0.25, 0.3) is 6.08 Å². The van der Waals surface area contributed by atoms with Crippen molar-refractivity contribution in [3.63, 3.8) is 0 Å². The third-order valence-corrected chi connectivity index (χ3v) is 1.57. The molecule has 0 aliphatic carbocycles. The Morgan fingerprint density at radius 1 is 1.53 bits per heavy atom. The average Bonchev–Trinajstić information content (AvgIpc) is 2.61. The zero-order chi connectivity index (χ0) is 11.5. The molecule has 5 nitrogen and oxygen atoms in total. The summed E-state index contributed by atoms with van der Waals surface area (Å²) >= 11 is 1.33. The van der Waals surface area contributed by atoms with Gasteiger partial charge < -0.3 is 7.59 Å². The number of carbonyl (C=O) groups is 1. The zero-order valence-corrected chi connectivity index (χ0v) is 8.94. The Morgan fingerprint density at radius 2 is 2.20 bits per heavy atom. The molecule has 1 aromatic heterocycles. The van der Waals surface area contributed by atoms with Gasteiger partial charge in [0.05, 0.1) is 0 Å². The Balaban J connectivity index is 2.77. The maximum atomic E-state index is 12.0. The molecule has 0 aliphatic rings. The second-order valence-corrected chi connectivity index (χ2v) is 2.62. The van der Waals surface area contributed by atoms with E-state index in [1.54, 1.807) is 0 Å². The Labute approximate surface area is 95.0 Å². The van der Waals surface area contributed by atoms with Crippen molar-refractivity contribution in [2.45, 2.75) is 6.18 Å². The van der Waals surface area contributed by atoms with Gasteiger partial charge in [-0.2, -0.15) is 18.2 Å². The van der Waals surface area contributed by atoms with Gasteiger partial charge in [-0.25, -0.2) is 4.79 Å². The lowest BCUT2D eigenvalue weighted by atomic mass is 10.5. The number of nitrogens with zero attached hydrogens (tertiary/aromatic N) is 2. The lowest BCUT2D eigenvalue weighted by Crippen LogP contribution is -2.07. The van der Waals surface area contributed by atoms with Gasteiger partial charge in [0.2, 0.25) is 0 Å². The minimum Gasteiger partial charge on any atom is -0.391 e. The molecule has 0 spiro atoms. The molecule has 1 aromatic rings. The summed E-state index contributed by atoms with van der Waals surface area (Å²) in [5.74, 6) is -2.57. The van der Waals surface area contributed by atoms with E-state index in [-0.39, 0.29) is 0 Å². The van der Waals surface area contributed by atoms with Gasteiger partial charge in [0.1, 0.15) is 0 Å². The predicted octanol–water partition coefficient (Wildman–Crippen LogP) is 1.99. The standard InChI is InChI=1S/C6H2F3IN2O3/c7-6(8,9)5-11-3(15-12-5)1-2-4(13)14-10/h1-2H/b2-1+. The van der Waals surface area contributed by atoms with E-state index in [1.807, 2.05) is 0 Å². The van der Waals surface area contributed by atoms with E-state index in [2.05, 4.69) is 17.7 Å². The van der Waals surface area contributed by atoms with Crippen molar-refractivity contribution in [2.24, 2.45) is 0 Å². The van der Waals surface area contributed by atoms with E-state index in [0.717, 1.165) is 12.2 Å². The van der Waals surface area contributed by atoms with Crippen LogP contribution in [0.3, 0.4) is 0 Å². The van der Waals surface area contributed by atoms with Crippen LogP contribution in [0.2, 0.25) is 0 Å². The molecule has 0 fully saturated rings. The summed E-state index contributed by atoms with van der Waals surface area (Å²) in [6, 6.07) is 0. The molecule has 0 saturated carbocycles. The molecule has 82 valence electrons. The van der Waals surface area contributed by atoms with Crippen molar-refractivity contribution in [3.8, 4) is 0 Å². The highest BCUT2D eigenvalue weighted by atomic mass is 127. The second kappa shape index (κ2) is 4.59. The molecular weight excluding hydrogens is 332 g/mol. The number of aromatic nitrogens is 2. The highest BCUT2D eigenvalue weighted by Gasteiger charge is 2.36. The molecule has 0 radical (unpaired) electrons. The van der Waals surface area contributed by atoms with Crippen LogP contribution >= 0.6 is 23.0 Å². The quantitative estimate of drug-likeness (QED) is 0.611. The molecule has 0 atom stereocenters. The second-order valence-electron chi connectivity index (χ2n) is 2.18. The van der Waals surface area contributed by atoms with E-state index in [9.17, 15) is 18.0 Å². The fraction of sp³-hybridized carbons (Fsp3) is 0.167. The fourth-order valence-corrected chi connectivity index (χ4v) is 0.730. The highest BCUT2D eigenvalue weighted by molar-refractivity contribution is 14.1. The molecule has 0 saturated heterocycles. The van der Waals surface area contributed by atoms with Crippen molar-refractivity contribution in [1.82, 2.24) is 10.1 Å². The summed E-state index contributed by atoms with van der Waals surface area (Å²) in [5.41, 5.74) is 0. The normalized spacial score (nSPS) is 12.0. The van der Waals surface area contributed by atoms with Gasteiger partial charge in [-0.05, 0) is 0 Å². The molecule has 0 unspecified atom stereocenters. The number of alkyl halides is 3. The van der Waals surface area contributed by atoms with Gasteiger partial charge in [-0.15, -0.1) is 0 Å². The van der Waals surface area contributed by atoms with Gasteiger partial charge in [0.25, 0.3) is 11.7 Å². The van der Waals surface area contributed by atoms with Crippen LogP contribution in [0.5, 0.6) is 0 Å². The van der Waals surface area contributed by atoms with E-state index < -0.39 is 23.9 Å². The zero-order valence-electron chi connectivity index (χ0n) is 6.79. The van der Waals surface area contributed by atoms with Crippen molar-refractivity contribution in [3.05, 3.63) is 17.8 Å². The molecule has 0 N–H and O–H groups in total. The van der Waals surface area contributed by atoms with E-state index in [4.69, 9.17) is 0 Å². The fourth-order valence-electron chi connectivity index (χ4n) is 0.583. The van der Waals surface area contributed by atoms with Gasteiger partial charge in [-0.1, -0.05) is 5.16 Å². The first-order chi connectivity index (χ1) is 6.93. The molecule has 15 heavy (non-hydrogen) atoms. The lowest BCUT2D eigenvalue weighted by molar-refractivity contribution is -0.146. The van der Waals surface area contributed by atoms with Crippen molar-refractivity contribution in [1.29, 1.82) is 0 Å². The number of halogens is 4. The smallest absolute Gasteiger partial charge is 0.391 e. The maximum absolute atomic E-state index is 12.0. The molecule has 0 aliphatic heterocycles. The molecule has 0 amide bonds. The Bertz CT molecular complexity index is 387. The van der Waals surface area contributed by atoms with E-state index in [1.165, 1.54) is 23.0 Å². The molecule has 1 heterocycles.